The first-order valence-electron chi connectivity index (χ1n) is 6.87. The Morgan fingerprint density at radius 3 is 2.05 bits per heavy atom. The maximum Gasteiger partial charge on any atom is 0.262 e. The fourth-order valence-electron chi connectivity index (χ4n) is 2.87. The smallest absolute Gasteiger partial charge is 0.262 e. The Labute approximate surface area is 117 Å². The molecule has 0 saturated carbocycles. The van der Waals surface area contributed by atoms with Gasteiger partial charge in [0.1, 0.15) is 6.04 Å². The number of benzene rings is 1. The van der Waals surface area contributed by atoms with Crippen molar-refractivity contribution in [3.8, 4) is 0 Å². The first kappa shape index (κ1) is 12.8. The number of carbonyl (C=O) groups is 3. The number of imide groups is 1. The average molecular weight is 272 g/mol. The van der Waals surface area contributed by atoms with Gasteiger partial charge in [-0.3, -0.25) is 19.3 Å². The standard InChI is InChI=1S/C15H16N2O3/c1-10(13(18)16-8-4-5-9-16)17-14(19)11-6-2-3-7-12(11)15(17)20/h2-3,6-7,10H,4-5,8-9H2,1H3/t10-/m0/s1. The van der Waals surface area contributed by atoms with Gasteiger partial charge in [0, 0.05) is 13.1 Å². The predicted octanol–water partition coefficient (Wildman–Crippen LogP) is 1.29. The van der Waals surface area contributed by atoms with Crippen molar-refractivity contribution in [3.63, 3.8) is 0 Å². The lowest BCUT2D eigenvalue weighted by molar-refractivity contribution is -0.133. The van der Waals surface area contributed by atoms with Crippen LogP contribution in [0.1, 0.15) is 40.5 Å². The number of amides is 3. The topological polar surface area (TPSA) is 57.7 Å². The van der Waals surface area contributed by atoms with E-state index in [1.807, 2.05) is 0 Å². The normalized spacial score (nSPS) is 19.4. The summed E-state index contributed by atoms with van der Waals surface area (Å²) in [6.45, 7) is 3.06. The molecule has 3 amide bonds. The van der Waals surface area contributed by atoms with Gasteiger partial charge in [0.15, 0.2) is 0 Å². The highest BCUT2D eigenvalue weighted by atomic mass is 16.2. The van der Waals surface area contributed by atoms with Gasteiger partial charge in [-0.15, -0.1) is 0 Å². The minimum atomic E-state index is -0.736. The van der Waals surface area contributed by atoms with E-state index in [9.17, 15) is 14.4 Å². The third-order valence-corrected chi connectivity index (χ3v) is 3.99. The first-order valence-corrected chi connectivity index (χ1v) is 6.87. The van der Waals surface area contributed by atoms with Crippen LogP contribution in [0.4, 0.5) is 0 Å². The zero-order chi connectivity index (χ0) is 14.3. The molecule has 1 aromatic carbocycles. The lowest BCUT2D eigenvalue weighted by Crippen LogP contribution is -2.48. The average Bonchev–Trinajstić information content (AvgIpc) is 3.07. The van der Waals surface area contributed by atoms with Crippen molar-refractivity contribution in [2.75, 3.05) is 13.1 Å². The van der Waals surface area contributed by atoms with Gasteiger partial charge < -0.3 is 4.90 Å². The summed E-state index contributed by atoms with van der Waals surface area (Å²) in [6.07, 6.45) is 1.97. The lowest BCUT2D eigenvalue weighted by Gasteiger charge is -2.26. The van der Waals surface area contributed by atoms with Crippen LogP contribution in [-0.4, -0.2) is 46.7 Å². The summed E-state index contributed by atoms with van der Waals surface area (Å²) >= 11 is 0. The molecule has 3 rings (SSSR count). The van der Waals surface area contributed by atoms with Crippen molar-refractivity contribution < 1.29 is 14.4 Å². The Bertz CT molecular complexity index is 556. The highest BCUT2D eigenvalue weighted by Gasteiger charge is 2.41. The van der Waals surface area contributed by atoms with Gasteiger partial charge in [-0.2, -0.15) is 0 Å². The Morgan fingerprint density at radius 2 is 1.55 bits per heavy atom. The summed E-state index contributed by atoms with van der Waals surface area (Å²) in [5.41, 5.74) is 0.775. The Kier molecular flexibility index (Phi) is 3.04. The summed E-state index contributed by atoms with van der Waals surface area (Å²) < 4.78 is 0. The molecule has 0 bridgehead atoms. The van der Waals surface area contributed by atoms with E-state index in [-0.39, 0.29) is 17.7 Å². The summed E-state index contributed by atoms with van der Waals surface area (Å²) in [6, 6.07) is 5.96. The minimum Gasteiger partial charge on any atom is -0.341 e. The molecule has 0 aromatic heterocycles. The summed E-state index contributed by atoms with van der Waals surface area (Å²) in [4.78, 5) is 39.8. The molecule has 0 spiro atoms. The second-order valence-corrected chi connectivity index (χ2v) is 5.23. The van der Waals surface area contributed by atoms with Gasteiger partial charge in [-0.05, 0) is 31.9 Å². The van der Waals surface area contributed by atoms with E-state index in [2.05, 4.69) is 0 Å². The van der Waals surface area contributed by atoms with Crippen molar-refractivity contribution in [2.45, 2.75) is 25.8 Å². The van der Waals surface area contributed by atoms with E-state index in [0.29, 0.717) is 24.2 Å². The van der Waals surface area contributed by atoms with E-state index < -0.39 is 6.04 Å². The van der Waals surface area contributed by atoms with Gasteiger partial charge in [-0.1, -0.05) is 12.1 Å². The van der Waals surface area contributed by atoms with Gasteiger partial charge in [-0.25, -0.2) is 0 Å². The molecule has 5 heteroatoms. The molecule has 2 aliphatic heterocycles. The number of hydrogen-bond donors (Lipinski definition) is 0. The Morgan fingerprint density at radius 1 is 1.05 bits per heavy atom. The van der Waals surface area contributed by atoms with Crippen molar-refractivity contribution in [2.24, 2.45) is 0 Å². The lowest BCUT2D eigenvalue weighted by atomic mass is 10.1. The second kappa shape index (κ2) is 4.74. The number of carbonyl (C=O) groups excluding carboxylic acids is 3. The van der Waals surface area contributed by atoms with Crippen molar-refractivity contribution in [1.82, 2.24) is 9.80 Å². The zero-order valence-electron chi connectivity index (χ0n) is 11.3. The number of nitrogens with zero attached hydrogens (tertiary/aromatic N) is 2. The molecule has 1 aromatic rings. The van der Waals surface area contributed by atoms with Crippen LogP contribution in [0.2, 0.25) is 0 Å². The number of hydrogen-bond acceptors (Lipinski definition) is 3. The molecular formula is C15H16N2O3. The molecule has 5 nitrogen and oxygen atoms in total. The summed E-state index contributed by atoms with van der Waals surface area (Å²) in [7, 11) is 0. The van der Waals surface area contributed by atoms with Crippen molar-refractivity contribution >= 4 is 17.7 Å². The first-order chi connectivity index (χ1) is 9.61. The van der Waals surface area contributed by atoms with Crippen LogP contribution in [0.15, 0.2) is 24.3 Å². The highest BCUT2D eigenvalue weighted by Crippen LogP contribution is 2.25. The molecule has 0 unspecified atom stereocenters. The monoisotopic (exact) mass is 272 g/mol. The molecule has 2 heterocycles. The van der Waals surface area contributed by atoms with Gasteiger partial charge in [0.25, 0.3) is 11.8 Å². The van der Waals surface area contributed by atoms with E-state index in [1.165, 1.54) is 0 Å². The quantitative estimate of drug-likeness (QED) is 0.762. The van der Waals surface area contributed by atoms with Crippen LogP contribution in [0.25, 0.3) is 0 Å². The Balaban J connectivity index is 1.86. The molecule has 1 fully saturated rings. The summed E-state index contributed by atoms with van der Waals surface area (Å²) in [5.74, 6) is -0.881. The van der Waals surface area contributed by atoms with Crippen LogP contribution in [0.3, 0.4) is 0 Å². The fraction of sp³-hybridized carbons (Fsp3) is 0.400. The third kappa shape index (κ3) is 1.81. The van der Waals surface area contributed by atoms with Crippen molar-refractivity contribution in [1.29, 1.82) is 0 Å². The predicted molar refractivity (Wildman–Crippen MR) is 72.2 cm³/mol. The summed E-state index contributed by atoms with van der Waals surface area (Å²) in [5, 5.41) is 0. The molecule has 20 heavy (non-hydrogen) atoms. The van der Waals surface area contributed by atoms with Gasteiger partial charge >= 0.3 is 0 Å². The van der Waals surface area contributed by atoms with Crippen LogP contribution < -0.4 is 0 Å². The molecule has 0 N–H and O–H groups in total. The maximum atomic E-state index is 12.4. The number of rotatable bonds is 2. The number of fused-ring (bicyclic) bond motifs is 1. The molecular weight excluding hydrogens is 256 g/mol. The molecule has 0 aliphatic carbocycles. The van der Waals surface area contributed by atoms with Crippen LogP contribution >= 0.6 is 0 Å². The highest BCUT2D eigenvalue weighted by molar-refractivity contribution is 6.22. The molecule has 1 saturated heterocycles. The fourth-order valence-corrected chi connectivity index (χ4v) is 2.87. The van der Waals surface area contributed by atoms with Gasteiger partial charge in [0.05, 0.1) is 11.1 Å². The van der Waals surface area contributed by atoms with E-state index in [1.54, 1.807) is 36.1 Å². The van der Waals surface area contributed by atoms with Crippen molar-refractivity contribution in [3.05, 3.63) is 35.4 Å². The van der Waals surface area contributed by atoms with E-state index in [4.69, 9.17) is 0 Å². The molecule has 2 aliphatic rings. The molecule has 1 atom stereocenters. The van der Waals surface area contributed by atoms with Crippen LogP contribution in [-0.2, 0) is 4.79 Å². The maximum absolute atomic E-state index is 12.4. The third-order valence-electron chi connectivity index (χ3n) is 3.99. The molecule has 0 radical (unpaired) electrons. The van der Waals surface area contributed by atoms with Crippen LogP contribution in [0, 0.1) is 0 Å². The Hall–Kier alpha value is -2.17. The zero-order valence-corrected chi connectivity index (χ0v) is 11.3. The number of likely N-dealkylation sites (tertiary alicyclic amines) is 1. The van der Waals surface area contributed by atoms with Gasteiger partial charge in [0.2, 0.25) is 5.91 Å². The van der Waals surface area contributed by atoms with E-state index >= 15 is 0 Å². The molecule has 104 valence electrons. The minimum absolute atomic E-state index is 0.142. The second-order valence-electron chi connectivity index (χ2n) is 5.23. The van der Waals surface area contributed by atoms with Crippen LogP contribution in [0.5, 0.6) is 0 Å². The largest absolute Gasteiger partial charge is 0.341 e. The van der Waals surface area contributed by atoms with E-state index in [0.717, 1.165) is 17.7 Å². The SMILES string of the molecule is C[C@@H](C(=O)N1CCCC1)N1C(=O)c2ccccc2C1=O.